The summed E-state index contributed by atoms with van der Waals surface area (Å²) < 4.78 is 13.4. The van der Waals surface area contributed by atoms with Gasteiger partial charge in [0, 0.05) is 38.1 Å². The minimum absolute atomic E-state index is 0.0304. The van der Waals surface area contributed by atoms with E-state index in [2.05, 4.69) is 34.0 Å². The number of H-pyrrole nitrogens is 1. The first-order valence-corrected chi connectivity index (χ1v) is 10.4. The molecule has 0 unspecified atom stereocenters. The van der Waals surface area contributed by atoms with Crippen LogP contribution >= 0.6 is 0 Å². The zero-order valence-corrected chi connectivity index (χ0v) is 16.9. The maximum Gasteiger partial charge on any atom is 0.237 e. The third kappa shape index (κ3) is 4.12. The van der Waals surface area contributed by atoms with Gasteiger partial charge in [-0.1, -0.05) is 0 Å². The highest BCUT2D eigenvalue weighted by Gasteiger charge is 2.35. The van der Waals surface area contributed by atoms with Crippen LogP contribution in [0.15, 0.2) is 18.2 Å². The number of hydrogen-bond donors (Lipinski definition) is 2. The molecule has 2 saturated heterocycles. The van der Waals surface area contributed by atoms with Gasteiger partial charge < -0.3 is 15.2 Å². The summed E-state index contributed by atoms with van der Waals surface area (Å²) in [5.41, 5.74) is 1.47. The summed E-state index contributed by atoms with van der Waals surface area (Å²) in [4.78, 5) is 37.0. The van der Waals surface area contributed by atoms with Crippen LogP contribution in [-0.4, -0.2) is 69.8 Å². The highest BCUT2D eigenvalue weighted by Crippen LogP contribution is 2.28. The molecule has 0 bridgehead atoms. The van der Waals surface area contributed by atoms with E-state index >= 15 is 0 Å². The van der Waals surface area contributed by atoms with Crippen LogP contribution in [0.4, 0.5) is 4.39 Å². The summed E-state index contributed by atoms with van der Waals surface area (Å²) in [5, 5.41) is 2.88. The van der Waals surface area contributed by atoms with Crippen LogP contribution in [0.25, 0.3) is 11.0 Å². The number of piperidine rings is 1. The van der Waals surface area contributed by atoms with Crippen molar-refractivity contribution in [3.05, 3.63) is 29.8 Å². The number of benzene rings is 1. The van der Waals surface area contributed by atoms with Gasteiger partial charge in [-0.05, 0) is 44.9 Å². The molecule has 4 rings (SSSR count). The lowest BCUT2D eigenvalue weighted by molar-refractivity contribution is -0.140. The van der Waals surface area contributed by atoms with Gasteiger partial charge in [0.15, 0.2) is 0 Å². The Morgan fingerprint density at radius 1 is 1.28 bits per heavy atom. The van der Waals surface area contributed by atoms with Gasteiger partial charge >= 0.3 is 0 Å². The van der Waals surface area contributed by atoms with Gasteiger partial charge in [-0.25, -0.2) is 9.37 Å². The van der Waals surface area contributed by atoms with Gasteiger partial charge in [0.25, 0.3) is 0 Å². The lowest BCUT2D eigenvalue weighted by Gasteiger charge is -2.39. The first-order valence-electron chi connectivity index (χ1n) is 10.4. The van der Waals surface area contributed by atoms with Gasteiger partial charge in [0.05, 0.1) is 23.5 Å². The van der Waals surface area contributed by atoms with Crippen LogP contribution in [0.1, 0.15) is 44.9 Å². The van der Waals surface area contributed by atoms with Crippen molar-refractivity contribution in [2.45, 2.75) is 51.1 Å². The summed E-state index contributed by atoms with van der Waals surface area (Å²) in [6, 6.07) is 4.39. The Morgan fingerprint density at radius 3 is 2.76 bits per heavy atom. The number of piperazine rings is 1. The standard InChI is InChI=1S/C21H28FN5O2/c1-13(2)27-10-7-23-21(29)18(27)12-19(28)26-8-5-14(6-9-26)20-24-16-4-3-15(22)11-17(16)25-20/h3-4,11,13-14,18H,5-10,12H2,1-2H3,(H,23,29)(H,24,25)/t18-/m1/s1. The molecule has 2 amide bonds. The molecule has 2 aliphatic rings. The van der Waals surface area contributed by atoms with Crippen molar-refractivity contribution in [1.29, 1.82) is 0 Å². The van der Waals surface area contributed by atoms with E-state index in [1.165, 1.54) is 12.1 Å². The molecule has 7 nitrogen and oxygen atoms in total. The van der Waals surface area contributed by atoms with Gasteiger partial charge in [-0.15, -0.1) is 0 Å². The molecule has 2 aromatic rings. The van der Waals surface area contributed by atoms with Gasteiger partial charge in [-0.2, -0.15) is 0 Å². The van der Waals surface area contributed by atoms with E-state index in [1.54, 1.807) is 6.07 Å². The number of rotatable bonds is 4. The van der Waals surface area contributed by atoms with Crippen LogP contribution < -0.4 is 5.32 Å². The van der Waals surface area contributed by atoms with E-state index in [1.807, 2.05) is 4.90 Å². The highest BCUT2D eigenvalue weighted by atomic mass is 19.1. The van der Waals surface area contributed by atoms with Gasteiger partial charge in [0.1, 0.15) is 11.6 Å². The molecule has 0 spiro atoms. The summed E-state index contributed by atoms with van der Waals surface area (Å²) in [7, 11) is 0. The number of nitrogens with one attached hydrogen (secondary N) is 2. The van der Waals surface area contributed by atoms with Gasteiger partial charge in [-0.3, -0.25) is 14.5 Å². The fourth-order valence-electron chi connectivity index (χ4n) is 4.45. The maximum atomic E-state index is 13.4. The number of aromatic nitrogens is 2. The van der Waals surface area contributed by atoms with E-state index in [-0.39, 0.29) is 42.1 Å². The Bertz CT molecular complexity index is 904. The number of imidazole rings is 1. The molecule has 29 heavy (non-hydrogen) atoms. The van der Waals surface area contributed by atoms with Crippen molar-refractivity contribution in [3.63, 3.8) is 0 Å². The second kappa shape index (κ2) is 8.10. The molecule has 8 heteroatoms. The van der Waals surface area contributed by atoms with Crippen LogP contribution in [0, 0.1) is 5.82 Å². The number of halogens is 1. The summed E-state index contributed by atoms with van der Waals surface area (Å²) in [6.07, 6.45) is 1.83. The summed E-state index contributed by atoms with van der Waals surface area (Å²) in [5.74, 6) is 0.774. The lowest BCUT2D eigenvalue weighted by Crippen LogP contribution is -2.58. The Hall–Kier alpha value is -2.48. The topological polar surface area (TPSA) is 81.3 Å². The van der Waals surface area contributed by atoms with E-state index in [0.29, 0.717) is 25.2 Å². The molecule has 0 aliphatic carbocycles. The van der Waals surface area contributed by atoms with Crippen LogP contribution in [0.3, 0.4) is 0 Å². The smallest absolute Gasteiger partial charge is 0.237 e. The van der Waals surface area contributed by atoms with Crippen molar-refractivity contribution >= 4 is 22.8 Å². The van der Waals surface area contributed by atoms with Crippen molar-refractivity contribution in [2.75, 3.05) is 26.2 Å². The molecular formula is C21H28FN5O2. The summed E-state index contributed by atoms with van der Waals surface area (Å²) in [6.45, 7) is 6.81. The number of fused-ring (bicyclic) bond motifs is 1. The largest absolute Gasteiger partial charge is 0.353 e. The van der Waals surface area contributed by atoms with Gasteiger partial charge in [0.2, 0.25) is 11.8 Å². The molecule has 0 radical (unpaired) electrons. The van der Waals surface area contributed by atoms with Crippen LogP contribution in [0.5, 0.6) is 0 Å². The first-order chi connectivity index (χ1) is 13.9. The third-order valence-electron chi connectivity index (χ3n) is 6.10. The second-order valence-electron chi connectivity index (χ2n) is 8.28. The minimum atomic E-state index is -0.390. The Balaban J connectivity index is 1.37. The quantitative estimate of drug-likeness (QED) is 0.821. The van der Waals surface area contributed by atoms with E-state index in [9.17, 15) is 14.0 Å². The molecule has 1 aromatic heterocycles. The zero-order valence-electron chi connectivity index (χ0n) is 16.9. The van der Waals surface area contributed by atoms with E-state index in [4.69, 9.17) is 0 Å². The molecular weight excluding hydrogens is 373 g/mol. The van der Waals surface area contributed by atoms with Crippen molar-refractivity contribution in [3.8, 4) is 0 Å². The third-order valence-corrected chi connectivity index (χ3v) is 6.10. The van der Waals surface area contributed by atoms with Crippen LogP contribution in [-0.2, 0) is 9.59 Å². The predicted molar refractivity (Wildman–Crippen MR) is 108 cm³/mol. The molecule has 2 N–H and O–H groups in total. The molecule has 2 fully saturated rings. The van der Waals surface area contributed by atoms with Crippen molar-refractivity contribution in [1.82, 2.24) is 25.1 Å². The average Bonchev–Trinajstić information content (AvgIpc) is 3.12. The monoisotopic (exact) mass is 401 g/mol. The Labute approximate surface area is 169 Å². The maximum absolute atomic E-state index is 13.4. The minimum Gasteiger partial charge on any atom is -0.353 e. The molecule has 1 atom stereocenters. The number of carbonyl (C=O) groups is 2. The van der Waals surface area contributed by atoms with E-state index in [0.717, 1.165) is 30.7 Å². The fourth-order valence-corrected chi connectivity index (χ4v) is 4.45. The second-order valence-corrected chi connectivity index (χ2v) is 8.28. The van der Waals surface area contributed by atoms with Crippen molar-refractivity contribution < 1.29 is 14.0 Å². The Kier molecular flexibility index (Phi) is 5.54. The average molecular weight is 401 g/mol. The Morgan fingerprint density at radius 2 is 2.03 bits per heavy atom. The summed E-state index contributed by atoms with van der Waals surface area (Å²) >= 11 is 0. The number of amides is 2. The molecule has 3 heterocycles. The highest BCUT2D eigenvalue weighted by molar-refractivity contribution is 5.89. The fraction of sp³-hybridized carbons (Fsp3) is 0.571. The number of nitrogens with zero attached hydrogens (tertiary/aromatic N) is 3. The number of hydrogen-bond acceptors (Lipinski definition) is 4. The number of likely N-dealkylation sites (tertiary alicyclic amines) is 1. The molecule has 2 aliphatic heterocycles. The number of carbonyl (C=O) groups excluding carboxylic acids is 2. The molecule has 156 valence electrons. The lowest BCUT2D eigenvalue weighted by atomic mass is 9.95. The SMILES string of the molecule is CC(C)N1CCNC(=O)[C@H]1CC(=O)N1CCC(c2nc3ccc(F)cc3[nH]2)CC1. The van der Waals surface area contributed by atoms with E-state index < -0.39 is 0 Å². The molecule has 1 aromatic carbocycles. The van der Waals surface area contributed by atoms with Crippen LogP contribution in [0.2, 0.25) is 0 Å². The number of aromatic amines is 1. The zero-order chi connectivity index (χ0) is 20.5. The normalized spacial score (nSPS) is 21.7. The predicted octanol–water partition coefficient (Wildman–Crippen LogP) is 2.01. The molecule has 0 saturated carbocycles. The van der Waals surface area contributed by atoms with Crippen molar-refractivity contribution in [2.24, 2.45) is 0 Å². The first kappa shape index (κ1) is 19.8.